The molecule has 0 spiro atoms. The summed E-state index contributed by atoms with van der Waals surface area (Å²) in [4.78, 5) is 23.1. The first kappa shape index (κ1) is 8.29. The number of nitrogens with zero attached hydrogens (tertiary/aromatic N) is 2. The van der Waals surface area contributed by atoms with Gasteiger partial charge in [0.05, 0.1) is 0 Å². The van der Waals surface area contributed by atoms with Gasteiger partial charge in [-0.3, -0.25) is 13.9 Å². The van der Waals surface area contributed by atoms with Crippen molar-refractivity contribution in [1.29, 1.82) is 0 Å². The van der Waals surface area contributed by atoms with E-state index in [0.717, 1.165) is 30.6 Å². The fraction of sp³-hybridized carbons (Fsp3) is 0.556. The van der Waals surface area contributed by atoms with Gasteiger partial charge in [-0.2, -0.15) is 0 Å². The fourth-order valence-electron chi connectivity index (χ4n) is 1.92. The van der Waals surface area contributed by atoms with E-state index in [2.05, 4.69) is 0 Å². The van der Waals surface area contributed by atoms with Crippen LogP contribution in [-0.4, -0.2) is 9.13 Å². The van der Waals surface area contributed by atoms with Gasteiger partial charge >= 0.3 is 5.69 Å². The number of rotatable bonds is 0. The molecule has 0 amide bonds. The van der Waals surface area contributed by atoms with Crippen LogP contribution in [0.25, 0.3) is 0 Å². The lowest BCUT2D eigenvalue weighted by Gasteiger charge is -2.07. The normalized spacial score (nSPS) is 14.6. The smallest absolute Gasteiger partial charge is 0.297 e. The van der Waals surface area contributed by atoms with Gasteiger partial charge in [0.15, 0.2) is 0 Å². The summed E-state index contributed by atoms with van der Waals surface area (Å²) in [6, 6.07) is 0. The second-order valence-electron chi connectivity index (χ2n) is 3.47. The number of aromatic nitrogens is 2. The maximum Gasteiger partial charge on any atom is 0.330 e. The fourth-order valence-corrected chi connectivity index (χ4v) is 1.92. The molecule has 1 aromatic heterocycles. The Morgan fingerprint density at radius 3 is 2.69 bits per heavy atom. The molecule has 1 aliphatic heterocycles. The predicted octanol–water partition coefficient (Wildman–Crippen LogP) is -0.198. The maximum atomic E-state index is 11.6. The Morgan fingerprint density at radius 1 is 1.31 bits per heavy atom. The average molecular weight is 180 g/mol. The topological polar surface area (TPSA) is 44.0 Å². The standard InChI is InChI=1S/C9H12N2O2/c1-6-7-4-3-5-11(7)9(13)10(2)8(6)12/h3-5H2,1-2H3. The summed E-state index contributed by atoms with van der Waals surface area (Å²) in [5, 5.41) is 0. The van der Waals surface area contributed by atoms with E-state index in [1.54, 1.807) is 11.5 Å². The second-order valence-corrected chi connectivity index (χ2v) is 3.47. The molecule has 0 saturated heterocycles. The summed E-state index contributed by atoms with van der Waals surface area (Å²) in [6.07, 6.45) is 1.83. The highest BCUT2D eigenvalue weighted by Crippen LogP contribution is 2.12. The lowest BCUT2D eigenvalue weighted by atomic mass is 10.2. The zero-order valence-electron chi connectivity index (χ0n) is 7.83. The predicted molar refractivity (Wildman–Crippen MR) is 49.0 cm³/mol. The van der Waals surface area contributed by atoms with E-state index in [9.17, 15) is 9.59 Å². The van der Waals surface area contributed by atoms with Crippen LogP contribution in [0.3, 0.4) is 0 Å². The van der Waals surface area contributed by atoms with Gasteiger partial charge in [0.2, 0.25) is 0 Å². The third-order valence-corrected chi connectivity index (χ3v) is 2.70. The largest absolute Gasteiger partial charge is 0.330 e. The van der Waals surface area contributed by atoms with Gasteiger partial charge in [0, 0.05) is 24.8 Å². The van der Waals surface area contributed by atoms with Gasteiger partial charge in [-0.1, -0.05) is 0 Å². The number of fused-ring (bicyclic) bond motifs is 1. The summed E-state index contributed by atoms with van der Waals surface area (Å²) >= 11 is 0. The van der Waals surface area contributed by atoms with E-state index in [1.807, 2.05) is 0 Å². The van der Waals surface area contributed by atoms with Gasteiger partial charge in [-0.15, -0.1) is 0 Å². The average Bonchev–Trinajstić information content (AvgIpc) is 2.59. The molecule has 0 saturated carbocycles. The number of hydrogen-bond donors (Lipinski definition) is 0. The van der Waals surface area contributed by atoms with Crippen LogP contribution in [0.4, 0.5) is 0 Å². The number of hydrogen-bond acceptors (Lipinski definition) is 2. The monoisotopic (exact) mass is 180 g/mol. The molecule has 0 aromatic carbocycles. The summed E-state index contributed by atoms with van der Waals surface area (Å²) < 4.78 is 2.89. The van der Waals surface area contributed by atoms with Gasteiger partial charge in [0.25, 0.3) is 5.56 Å². The molecule has 70 valence electrons. The Balaban J connectivity index is 2.93. The van der Waals surface area contributed by atoms with Crippen LogP contribution < -0.4 is 11.2 Å². The summed E-state index contributed by atoms with van der Waals surface area (Å²) in [5.41, 5.74) is 1.31. The van der Waals surface area contributed by atoms with Crippen molar-refractivity contribution < 1.29 is 0 Å². The summed E-state index contributed by atoms with van der Waals surface area (Å²) in [6.45, 7) is 2.54. The molecule has 2 heterocycles. The molecule has 0 unspecified atom stereocenters. The molecule has 0 aliphatic carbocycles. The molecular formula is C9H12N2O2. The Hall–Kier alpha value is -1.32. The zero-order chi connectivity index (χ0) is 9.59. The molecule has 2 rings (SSSR count). The molecule has 0 bridgehead atoms. The van der Waals surface area contributed by atoms with Gasteiger partial charge in [-0.25, -0.2) is 4.79 Å². The quantitative estimate of drug-likeness (QED) is 0.555. The van der Waals surface area contributed by atoms with E-state index < -0.39 is 0 Å². The molecule has 1 aliphatic rings. The van der Waals surface area contributed by atoms with E-state index in [1.165, 1.54) is 11.6 Å². The molecule has 0 N–H and O–H groups in total. The van der Waals surface area contributed by atoms with E-state index in [4.69, 9.17) is 0 Å². The van der Waals surface area contributed by atoms with Crippen molar-refractivity contribution in [1.82, 2.24) is 9.13 Å². The van der Waals surface area contributed by atoms with Gasteiger partial charge in [0.1, 0.15) is 0 Å². The van der Waals surface area contributed by atoms with Crippen molar-refractivity contribution >= 4 is 0 Å². The van der Waals surface area contributed by atoms with E-state index >= 15 is 0 Å². The minimum Gasteiger partial charge on any atom is -0.297 e. The summed E-state index contributed by atoms with van der Waals surface area (Å²) in [5.74, 6) is 0. The van der Waals surface area contributed by atoms with Crippen LogP contribution in [0.15, 0.2) is 9.59 Å². The van der Waals surface area contributed by atoms with Crippen molar-refractivity contribution in [3.63, 3.8) is 0 Å². The minimum atomic E-state index is -0.178. The molecule has 0 atom stereocenters. The van der Waals surface area contributed by atoms with Crippen LogP contribution in [-0.2, 0) is 20.0 Å². The lowest BCUT2D eigenvalue weighted by Crippen LogP contribution is -2.39. The van der Waals surface area contributed by atoms with E-state index in [-0.39, 0.29) is 11.2 Å². The van der Waals surface area contributed by atoms with E-state index in [0.29, 0.717) is 0 Å². The van der Waals surface area contributed by atoms with Crippen LogP contribution in [0.2, 0.25) is 0 Å². The first-order valence-corrected chi connectivity index (χ1v) is 4.42. The lowest BCUT2D eigenvalue weighted by molar-refractivity contribution is 0.628. The van der Waals surface area contributed by atoms with Crippen molar-refractivity contribution in [3.8, 4) is 0 Å². The first-order valence-electron chi connectivity index (χ1n) is 4.42. The Kier molecular flexibility index (Phi) is 1.65. The molecule has 4 heteroatoms. The molecule has 0 radical (unpaired) electrons. The van der Waals surface area contributed by atoms with Crippen molar-refractivity contribution in [2.24, 2.45) is 7.05 Å². The van der Waals surface area contributed by atoms with Crippen LogP contribution in [0.1, 0.15) is 17.7 Å². The highest BCUT2D eigenvalue weighted by Gasteiger charge is 2.17. The van der Waals surface area contributed by atoms with Crippen molar-refractivity contribution in [2.45, 2.75) is 26.3 Å². The Morgan fingerprint density at radius 2 is 2.00 bits per heavy atom. The summed E-state index contributed by atoms with van der Waals surface area (Å²) in [7, 11) is 1.53. The highest BCUT2D eigenvalue weighted by atomic mass is 16.2. The highest BCUT2D eigenvalue weighted by molar-refractivity contribution is 5.18. The minimum absolute atomic E-state index is 0.154. The second kappa shape index (κ2) is 2.58. The SMILES string of the molecule is Cc1c2n(c(=O)n(C)c1=O)CCC2. The van der Waals surface area contributed by atoms with Crippen molar-refractivity contribution in [2.75, 3.05) is 0 Å². The third kappa shape index (κ3) is 0.978. The van der Waals surface area contributed by atoms with Crippen LogP contribution in [0.5, 0.6) is 0 Å². The van der Waals surface area contributed by atoms with Gasteiger partial charge < -0.3 is 0 Å². The Bertz CT molecular complexity index is 468. The van der Waals surface area contributed by atoms with Crippen molar-refractivity contribution in [3.05, 3.63) is 32.1 Å². The molecule has 0 fully saturated rings. The third-order valence-electron chi connectivity index (χ3n) is 2.70. The van der Waals surface area contributed by atoms with Crippen LogP contribution in [0, 0.1) is 6.92 Å². The zero-order valence-corrected chi connectivity index (χ0v) is 7.83. The van der Waals surface area contributed by atoms with Crippen LogP contribution >= 0.6 is 0 Å². The maximum absolute atomic E-state index is 11.6. The molecular weight excluding hydrogens is 168 g/mol. The molecule has 13 heavy (non-hydrogen) atoms. The molecule has 4 nitrogen and oxygen atoms in total. The van der Waals surface area contributed by atoms with Gasteiger partial charge in [-0.05, 0) is 19.8 Å². The molecule has 1 aromatic rings. The first-order chi connectivity index (χ1) is 6.13. The Labute approximate surface area is 75.4 Å².